The molecule has 0 aromatic heterocycles. The maximum Gasteiger partial charge on any atom is 0.0734 e. The van der Waals surface area contributed by atoms with Crippen molar-refractivity contribution in [2.24, 2.45) is 0 Å². The molecular weight excluding hydrogens is 735 g/mol. The highest BCUT2D eigenvalue weighted by Gasteiger charge is 2.49. The fraction of sp³-hybridized carbons (Fsp3) is 0.0333. The lowest BCUT2D eigenvalue weighted by molar-refractivity contribution is 0.766. The molecule has 2 aliphatic carbocycles. The molecule has 0 bridgehead atoms. The van der Waals surface area contributed by atoms with Crippen LogP contribution >= 0.6 is 0 Å². The number of benzene rings is 10. The normalized spacial score (nSPS) is 13.8. The Balaban J connectivity index is 1.14. The van der Waals surface area contributed by atoms with Gasteiger partial charge in [0.25, 0.3) is 0 Å². The molecule has 61 heavy (non-hydrogen) atoms. The molecule has 0 amide bonds. The molecule has 0 fully saturated rings. The summed E-state index contributed by atoms with van der Waals surface area (Å²) in [7, 11) is 0. The predicted molar refractivity (Wildman–Crippen MR) is 253 cm³/mol. The number of rotatable bonds is 7. The SMILES string of the molecule is c1ccc(C2(c3ccc(N(c4ccc5ccccc5c4)c4cccc5c4C(c4ccccc4)(c4ccccc4)c4ccccc4-5)cc3)c3ccccc3-c3ccccc32)cc1. The molecule has 0 spiro atoms. The van der Waals surface area contributed by atoms with Crippen LogP contribution in [0.25, 0.3) is 33.0 Å². The van der Waals surface area contributed by atoms with E-state index in [2.05, 4.69) is 254 Å². The second-order valence-electron chi connectivity index (χ2n) is 16.3. The van der Waals surface area contributed by atoms with Crippen molar-refractivity contribution in [1.82, 2.24) is 0 Å². The molecule has 0 atom stereocenters. The van der Waals surface area contributed by atoms with Gasteiger partial charge in [0.1, 0.15) is 0 Å². The molecule has 0 saturated heterocycles. The predicted octanol–water partition coefficient (Wildman–Crippen LogP) is 15.0. The van der Waals surface area contributed by atoms with Crippen LogP contribution in [0, 0.1) is 0 Å². The minimum atomic E-state index is -0.575. The first-order valence-corrected chi connectivity index (χ1v) is 21.3. The molecule has 0 heterocycles. The van der Waals surface area contributed by atoms with E-state index in [4.69, 9.17) is 0 Å². The zero-order valence-electron chi connectivity index (χ0n) is 33.6. The third-order valence-electron chi connectivity index (χ3n) is 13.4. The summed E-state index contributed by atoms with van der Waals surface area (Å²) in [5.74, 6) is 0. The first kappa shape index (κ1) is 35.2. The van der Waals surface area contributed by atoms with E-state index in [1.54, 1.807) is 0 Å². The zero-order valence-corrected chi connectivity index (χ0v) is 33.6. The Hall–Kier alpha value is -7.74. The van der Waals surface area contributed by atoms with E-state index >= 15 is 0 Å². The van der Waals surface area contributed by atoms with Crippen molar-refractivity contribution in [3.63, 3.8) is 0 Å². The van der Waals surface area contributed by atoms with Gasteiger partial charge >= 0.3 is 0 Å². The summed E-state index contributed by atoms with van der Waals surface area (Å²) in [5.41, 5.74) is 17.6. The third-order valence-corrected chi connectivity index (χ3v) is 13.4. The Bertz CT molecular complexity index is 3150. The van der Waals surface area contributed by atoms with Crippen LogP contribution in [0.5, 0.6) is 0 Å². The Kier molecular flexibility index (Phi) is 8.05. The quantitative estimate of drug-likeness (QED) is 0.156. The fourth-order valence-corrected chi connectivity index (χ4v) is 11.0. The molecule has 2 aliphatic rings. The molecule has 286 valence electrons. The first-order chi connectivity index (χ1) is 30.3. The smallest absolute Gasteiger partial charge is 0.0734 e. The fourth-order valence-electron chi connectivity index (χ4n) is 11.0. The number of nitrogens with zero attached hydrogens (tertiary/aromatic N) is 1. The topological polar surface area (TPSA) is 3.24 Å². The summed E-state index contributed by atoms with van der Waals surface area (Å²) in [6.45, 7) is 0. The van der Waals surface area contributed by atoms with Crippen LogP contribution in [0.4, 0.5) is 17.1 Å². The minimum absolute atomic E-state index is 0.480. The van der Waals surface area contributed by atoms with Gasteiger partial charge in [-0.3, -0.25) is 0 Å². The van der Waals surface area contributed by atoms with Gasteiger partial charge in [-0.25, -0.2) is 0 Å². The molecule has 12 rings (SSSR count). The van der Waals surface area contributed by atoms with Crippen LogP contribution in [-0.2, 0) is 10.8 Å². The molecule has 0 unspecified atom stereocenters. The standard InChI is InChI=1S/C60H41N/c1-4-21-44(22-5-1)59(54-31-15-12-27-50(54)51-28-13-16-32-55(51)59)47-36-39-48(40-37-47)61(49-38-35-42-19-10-11-20-43(42)41-49)57-34-18-30-53-52-29-14-17-33-56(52)60(58(53)57,45-23-6-2-7-24-45)46-25-8-3-9-26-46/h1-41H. The summed E-state index contributed by atoms with van der Waals surface area (Å²) in [6, 6.07) is 92.3. The molecular formula is C60H41N. The van der Waals surface area contributed by atoms with Gasteiger partial charge in [-0.1, -0.05) is 218 Å². The van der Waals surface area contributed by atoms with Gasteiger partial charge in [0.2, 0.25) is 0 Å². The second-order valence-corrected chi connectivity index (χ2v) is 16.3. The van der Waals surface area contributed by atoms with Crippen LogP contribution in [0.1, 0.15) is 44.5 Å². The van der Waals surface area contributed by atoms with E-state index < -0.39 is 10.8 Å². The van der Waals surface area contributed by atoms with Crippen LogP contribution in [-0.4, -0.2) is 0 Å². The third kappa shape index (κ3) is 5.08. The van der Waals surface area contributed by atoms with Crippen molar-refractivity contribution in [3.05, 3.63) is 293 Å². The van der Waals surface area contributed by atoms with E-state index in [1.165, 1.54) is 77.5 Å². The van der Waals surface area contributed by atoms with Gasteiger partial charge in [0.15, 0.2) is 0 Å². The summed E-state index contributed by atoms with van der Waals surface area (Å²) >= 11 is 0. The first-order valence-electron chi connectivity index (χ1n) is 21.3. The summed E-state index contributed by atoms with van der Waals surface area (Å²) in [4.78, 5) is 2.51. The van der Waals surface area contributed by atoms with Gasteiger partial charge < -0.3 is 4.90 Å². The number of fused-ring (bicyclic) bond motifs is 7. The highest BCUT2D eigenvalue weighted by atomic mass is 15.1. The zero-order chi connectivity index (χ0) is 40.4. The summed E-state index contributed by atoms with van der Waals surface area (Å²) < 4.78 is 0. The van der Waals surface area contributed by atoms with Crippen molar-refractivity contribution in [1.29, 1.82) is 0 Å². The van der Waals surface area contributed by atoms with Crippen LogP contribution < -0.4 is 4.90 Å². The Morgan fingerprint density at radius 3 is 1.25 bits per heavy atom. The lowest BCUT2D eigenvalue weighted by Gasteiger charge is -2.38. The van der Waals surface area contributed by atoms with Crippen molar-refractivity contribution < 1.29 is 0 Å². The molecule has 0 N–H and O–H groups in total. The van der Waals surface area contributed by atoms with Crippen molar-refractivity contribution in [2.45, 2.75) is 10.8 Å². The maximum absolute atomic E-state index is 2.51. The Morgan fingerprint density at radius 2 is 0.672 bits per heavy atom. The van der Waals surface area contributed by atoms with Crippen molar-refractivity contribution in [3.8, 4) is 22.3 Å². The molecule has 1 heteroatoms. The minimum Gasteiger partial charge on any atom is -0.310 e. The van der Waals surface area contributed by atoms with E-state index in [1.807, 2.05) is 0 Å². The maximum atomic E-state index is 2.51. The van der Waals surface area contributed by atoms with Gasteiger partial charge in [-0.2, -0.15) is 0 Å². The van der Waals surface area contributed by atoms with E-state index in [0.29, 0.717) is 0 Å². The number of hydrogen-bond donors (Lipinski definition) is 0. The molecule has 10 aromatic carbocycles. The van der Waals surface area contributed by atoms with E-state index in [0.717, 1.165) is 17.1 Å². The highest BCUT2D eigenvalue weighted by molar-refractivity contribution is 5.96. The van der Waals surface area contributed by atoms with Crippen molar-refractivity contribution in [2.75, 3.05) is 4.90 Å². The van der Waals surface area contributed by atoms with Crippen LogP contribution in [0.15, 0.2) is 249 Å². The van der Waals surface area contributed by atoms with Gasteiger partial charge in [0, 0.05) is 16.9 Å². The lowest BCUT2D eigenvalue weighted by Crippen LogP contribution is -2.30. The summed E-state index contributed by atoms with van der Waals surface area (Å²) in [5, 5.41) is 2.43. The van der Waals surface area contributed by atoms with Crippen LogP contribution in [0.3, 0.4) is 0 Å². The number of hydrogen-bond acceptors (Lipinski definition) is 1. The van der Waals surface area contributed by atoms with Gasteiger partial charge in [0.05, 0.1) is 16.5 Å². The van der Waals surface area contributed by atoms with Crippen LogP contribution in [0.2, 0.25) is 0 Å². The Labute approximate surface area is 357 Å². The van der Waals surface area contributed by atoms with Gasteiger partial charge in [-0.15, -0.1) is 0 Å². The van der Waals surface area contributed by atoms with Gasteiger partial charge in [-0.05, 0) is 102 Å². The van der Waals surface area contributed by atoms with Crippen molar-refractivity contribution >= 4 is 27.8 Å². The molecule has 1 nitrogen and oxygen atoms in total. The molecule has 0 radical (unpaired) electrons. The monoisotopic (exact) mass is 775 g/mol. The summed E-state index contributed by atoms with van der Waals surface area (Å²) in [6.07, 6.45) is 0. The molecule has 0 aliphatic heterocycles. The second kappa shape index (κ2) is 13.9. The van der Waals surface area contributed by atoms with E-state index in [-0.39, 0.29) is 0 Å². The average Bonchev–Trinajstić information content (AvgIpc) is 3.82. The number of anilines is 3. The molecule has 0 saturated carbocycles. The average molecular weight is 776 g/mol. The largest absolute Gasteiger partial charge is 0.310 e. The molecule has 10 aromatic rings. The van der Waals surface area contributed by atoms with E-state index in [9.17, 15) is 0 Å². The lowest BCUT2D eigenvalue weighted by atomic mass is 9.67. The Morgan fingerprint density at radius 1 is 0.262 bits per heavy atom. The highest BCUT2D eigenvalue weighted by Crippen LogP contribution is 2.61.